The minimum Gasteiger partial charge on any atom is -0.363 e. The van der Waals surface area contributed by atoms with Crippen LogP contribution in [0.15, 0.2) is 18.6 Å². The first kappa shape index (κ1) is 18.4. The summed E-state index contributed by atoms with van der Waals surface area (Å²) in [5.41, 5.74) is 4.81. The van der Waals surface area contributed by atoms with Crippen LogP contribution in [-0.4, -0.2) is 42.5 Å². The smallest absolute Gasteiger partial charge is 0.363 e. The van der Waals surface area contributed by atoms with E-state index in [9.17, 15) is 22.8 Å². The van der Waals surface area contributed by atoms with E-state index in [2.05, 4.69) is 20.5 Å². The number of aryl methyl sites for hydroxylation is 2. The van der Waals surface area contributed by atoms with Crippen molar-refractivity contribution in [3.63, 3.8) is 0 Å². The third kappa shape index (κ3) is 5.90. The molecule has 0 saturated carbocycles. The molecule has 0 aromatic carbocycles. The van der Waals surface area contributed by atoms with E-state index < -0.39 is 18.5 Å². The number of fused-ring (bicyclic) bond motifs is 1. The van der Waals surface area contributed by atoms with Crippen molar-refractivity contribution < 1.29 is 22.8 Å². The van der Waals surface area contributed by atoms with Crippen molar-refractivity contribution in [2.75, 3.05) is 5.32 Å². The van der Waals surface area contributed by atoms with Crippen molar-refractivity contribution in [1.29, 1.82) is 0 Å². The number of amides is 2. The van der Waals surface area contributed by atoms with Crippen LogP contribution in [0.25, 0.3) is 0 Å². The number of rotatable bonds is 3. The van der Waals surface area contributed by atoms with Gasteiger partial charge in [0.2, 0.25) is 11.7 Å². The van der Waals surface area contributed by atoms with E-state index >= 15 is 0 Å². The lowest BCUT2D eigenvalue weighted by atomic mass is 10.3. The molecule has 12 heteroatoms. The van der Waals surface area contributed by atoms with E-state index in [-0.39, 0.29) is 18.3 Å². The number of aromatic nitrogens is 5. The number of alkyl halides is 3. The zero-order valence-electron chi connectivity index (χ0n) is 13.0. The molecule has 2 aromatic heterocycles. The van der Waals surface area contributed by atoms with Gasteiger partial charge in [0.15, 0.2) is 0 Å². The van der Waals surface area contributed by atoms with Crippen LogP contribution in [0.5, 0.6) is 0 Å². The van der Waals surface area contributed by atoms with Gasteiger partial charge in [0.05, 0.1) is 19.2 Å². The quantitative estimate of drug-likeness (QED) is 0.845. The average molecular weight is 359 g/mol. The van der Waals surface area contributed by atoms with Crippen molar-refractivity contribution in [3.8, 4) is 0 Å². The van der Waals surface area contributed by atoms with Crippen molar-refractivity contribution in [2.24, 2.45) is 5.73 Å². The number of carbonyl (C=O) groups excluding carboxylic acids is 2. The molecule has 3 rings (SSSR count). The molecule has 1 aliphatic rings. The Labute approximate surface area is 140 Å². The second-order valence-corrected chi connectivity index (χ2v) is 5.15. The highest BCUT2D eigenvalue weighted by molar-refractivity contribution is 5.90. The molecule has 0 atom stereocenters. The highest BCUT2D eigenvalue weighted by Crippen LogP contribution is 2.19. The topological polar surface area (TPSA) is 121 Å². The zero-order valence-corrected chi connectivity index (χ0v) is 13.0. The minimum absolute atomic E-state index is 0.0873. The Kier molecular flexibility index (Phi) is 5.72. The SMILES string of the molecule is NC(=O)c1ncn(CCC(F)(F)F)n1.O=C1CCCn2nccc2N1. The molecule has 2 amide bonds. The number of halogens is 3. The molecule has 0 aliphatic carbocycles. The number of nitrogens with one attached hydrogen (secondary N) is 1. The Morgan fingerprint density at radius 1 is 1.40 bits per heavy atom. The summed E-state index contributed by atoms with van der Waals surface area (Å²) >= 11 is 0. The molecule has 0 spiro atoms. The summed E-state index contributed by atoms with van der Waals surface area (Å²) in [5.74, 6) is -0.250. The molecule has 0 bridgehead atoms. The first-order valence-electron chi connectivity index (χ1n) is 7.32. The molecular formula is C13H16F3N7O2. The molecule has 0 radical (unpaired) electrons. The zero-order chi connectivity index (χ0) is 18.4. The minimum atomic E-state index is -4.25. The van der Waals surface area contributed by atoms with Gasteiger partial charge >= 0.3 is 6.18 Å². The second kappa shape index (κ2) is 7.77. The number of primary amides is 1. The summed E-state index contributed by atoms with van der Waals surface area (Å²) in [6, 6.07) is 1.81. The predicted molar refractivity (Wildman–Crippen MR) is 79.3 cm³/mol. The summed E-state index contributed by atoms with van der Waals surface area (Å²) in [6.45, 7) is 0.463. The molecule has 0 fully saturated rings. The van der Waals surface area contributed by atoms with Gasteiger partial charge in [0.25, 0.3) is 5.91 Å². The highest BCUT2D eigenvalue weighted by atomic mass is 19.4. The number of nitrogens with two attached hydrogens (primary N) is 1. The Hall–Kier alpha value is -2.92. The molecular weight excluding hydrogens is 343 g/mol. The van der Waals surface area contributed by atoms with Crippen LogP contribution >= 0.6 is 0 Å². The van der Waals surface area contributed by atoms with Crippen molar-refractivity contribution in [1.82, 2.24) is 24.5 Å². The fourth-order valence-corrected chi connectivity index (χ4v) is 1.97. The molecule has 9 nitrogen and oxygen atoms in total. The lowest BCUT2D eigenvalue weighted by Crippen LogP contribution is -2.15. The molecule has 3 heterocycles. The van der Waals surface area contributed by atoms with Crippen molar-refractivity contribution >= 4 is 17.6 Å². The van der Waals surface area contributed by atoms with E-state index in [4.69, 9.17) is 5.73 Å². The van der Waals surface area contributed by atoms with Crippen LogP contribution in [0.4, 0.5) is 19.0 Å². The molecule has 0 saturated heterocycles. The van der Waals surface area contributed by atoms with Gasteiger partial charge in [-0.3, -0.25) is 14.3 Å². The van der Waals surface area contributed by atoms with E-state index in [1.165, 1.54) is 0 Å². The Morgan fingerprint density at radius 3 is 2.80 bits per heavy atom. The van der Waals surface area contributed by atoms with Gasteiger partial charge in [-0.05, 0) is 6.42 Å². The third-order valence-corrected chi connectivity index (χ3v) is 3.14. The Morgan fingerprint density at radius 2 is 2.16 bits per heavy atom. The van der Waals surface area contributed by atoms with Crippen LogP contribution in [0, 0.1) is 0 Å². The van der Waals surface area contributed by atoms with Crippen molar-refractivity contribution in [2.45, 2.75) is 38.5 Å². The van der Waals surface area contributed by atoms with E-state index in [1.54, 1.807) is 6.20 Å². The maximum atomic E-state index is 11.8. The van der Waals surface area contributed by atoms with Crippen molar-refractivity contribution in [3.05, 3.63) is 24.4 Å². The van der Waals surface area contributed by atoms with Crippen LogP contribution in [0.3, 0.4) is 0 Å². The van der Waals surface area contributed by atoms with Gasteiger partial charge in [0.1, 0.15) is 12.1 Å². The lowest BCUT2D eigenvalue weighted by Gasteiger charge is -2.04. The summed E-state index contributed by atoms with van der Waals surface area (Å²) in [5, 5.41) is 10.3. The van der Waals surface area contributed by atoms with Crippen LogP contribution in [-0.2, 0) is 17.9 Å². The number of anilines is 1. The Bertz CT molecular complexity index is 738. The lowest BCUT2D eigenvalue weighted by molar-refractivity contribution is -0.137. The van der Waals surface area contributed by atoms with E-state index in [0.29, 0.717) is 6.42 Å². The first-order valence-corrected chi connectivity index (χ1v) is 7.32. The molecule has 3 N–H and O–H groups in total. The van der Waals surface area contributed by atoms with Gasteiger partial charge in [-0.1, -0.05) is 0 Å². The van der Waals surface area contributed by atoms with Gasteiger partial charge in [-0.15, -0.1) is 5.10 Å². The molecule has 0 unspecified atom stereocenters. The second-order valence-electron chi connectivity index (χ2n) is 5.15. The maximum absolute atomic E-state index is 11.8. The van der Waals surface area contributed by atoms with E-state index in [0.717, 1.165) is 29.8 Å². The van der Waals surface area contributed by atoms with Gasteiger partial charge < -0.3 is 11.1 Å². The fourth-order valence-electron chi connectivity index (χ4n) is 1.97. The molecule has 1 aliphatic heterocycles. The maximum Gasteiger partial charge on any atom is 0.390 e. The third-order valence-electron chi connectivity index (χ3n) is 3.14. The molecule has 2 aromatic rings. The van der Waals surface area contributed by atoms with Crippen LogP contribution in [0.2, 0.25) is 0 Å². The largest absolute Gasteiger partial charge is 0.390 e. The summed E-state index contributed by atoms with van der Waals surface area (Å²) in [6.07, 6.45) is -1.07. The monoisotopic (exact) mass is 359 g/mol. The molecule has 136 valence electrons. The number of hydrogen-bond donors (Lipinski definition) is 2. The standard InChI is InChI=1S/C7H9N3O.C6H7F3N4O/c11-7-2-1-5-10-6(9-7)3-4-8-10;7-6(8,9)1-2-13-3-11-5(12-13)4(10)14/h3-4H,1-2,5H2,(H,9,11);3H,1-2H2,(H2,10,14). The molecule has 25 heavy (non-hydrogen) atoms. The number of carbonyl (C=O) groups is 2. The van der Waals surface area contributed by atoms with Crippen LogP contribution < -0.4 is 11.1 Å². The average Bonchev–Trinajstić information content (AvgIpc) is 3.12. The normalized spacial score (nSPS) is 14.0. The van der Waals surface area contributed by atoms with E-state index in [1.807, 2.05) is 10.7 Å². The fraction of sp³-hybridized carbons (Fsp3) is 0.462. The summed E-state index contributed by atoms with van der Waals surface area (Å²) in [4.78, 5) is 24.9. The Balaban J connectivity index is 0.000000185. The number of nitrogens with zero attached hydrogens (tertiary/aromatic N) is 5. The highest BCUT2D eigenvalue weighted by Gasteiger charge is 2.27. The number of hydrogen-bond acceptors (Lipinski definition) is 5. The van der Waals surface area contributed by atoms with Crippen LogP contribution in [0.1, 0.15) is 29.9 Å². The first-order chi connectivity index (χ1) is 11.7. The van der Waals surface area contributed by atoms with Gasteiger partial charge in [-0.25, -0.2) is 9.67 Å². The van der Waals surface area contributed by atoms with Gasteiger partial charge in [0, 0.05) is 19.0 Å². The summed E-state index contributed by atoms with van der Waals surface area (Å²) < 4.78 is 38.0. The predicted octanol–water partition coefficient (Wildman–Crippen LogP) is 0.945. The van der Waals surface area contributed by atoms with Gasteiger partial charge in [-0.2, -0.15) is 18.3 Å². The summed E-state index contributed by atoms with van der Waals surface area (Å²) in [7, 11) is 0.